The summed E-state index contributed by atoms with van der Waals surface area (Å²) in [6, 6.07) is 2.10. The molecule has 0 amide bonds. The molecule has 6 heteroatoms. The molecule has 2 heterocycles. The highest BCUT2D eigenvalue weighted by molar-refractivity contribution is 5.95. The maximum absolute atomic E-state index is 9.83. The SMILES string of the molecule is COc1c2c(cc3c1[C@H](CC(/C=C\[C@@H]1C(C)=CCCC1(C)C)=N\O)N(C)CC3)OCO2. The molecule has 0 saturated heterocycles. The highest BCUT2D eigenvalue weighted by Crippen LogP contribution is 2.50. The van der Waals surface area contributed by atoms with Crippen LogP contribution in [0.5, 0.6) is 17.2 Å². The molecule has 168 valence electrons. The lowest BCUT2D eigenvalue weighted by molar-refractivity contribution is 0.170. The van der Waals surface area contributed by atoms with E-state index in [4.69, 9.17) is 14.2 Å². The molecule has 0 bridgehead atoms. The van der Waals surface area contributed by atoms with Crippen LogP contribution in [-0.4, -0.2) is 43.3 Å². The van der Waals surface area contributed by atoms with E-state index in [0.29, 0.717) is 23.8 Å². The summed E-state index contributed by atoms with van der Waals surface area (Å²) in [4.78, 5) is 2.29. The molecule has 2 aliphatic heterocycles. The number of allylic oxidation sites excluding steroid dienone is 4. The van der Waals surface area contributed by atoms with Crippen molar-refractivity contribution in [2.75, 3.05) is 27.5 Å². The van der Waals surface area contributed by atoms with Crippen LogP contribution in [0.1, 0.15) is 57.2 Å². The molecule has 31 heavy (non-hydrogen) atoms. The summed E-state index contributed by atoms with van der Waals surface area (Å²) < 4.78 is 17.1. The normalized spacial score (nSPS) is 25.5. The van der Waals surface area contributed by atoms with Crippen molar-refractivity contribution < 1.29 is 19.4 Å². The predicted molar refractivity (Wildman–Crippen MR) is 121 cm³/mol. The fourth-order valence-corrected chi connectivity index (χ4v) is 5.31. The van der Waals surface area contributed by atoms with Gasteiger partial charge in [-0.3, -0.25) is 4.90 Å². The molecule has 1 aliphatic carbocycles. The Hall–Kier alpha value is -2.47. The van der Waals surface area contributed by atoms with Gasteiger partial charge < -0.3 is 19.4 Å². The van der Waals surface area contributed by atoms with E-state index < -0.39 is 0 Å². The van der Waals surface area contributed by atoms with Gasteiger partial charge in [0, 0.05) is 30.5 Å². The number of hydrogen-bond acceptors (Lipinski definition) is 6. The molecule has 4 rings (SSSR count). The summed E-state index contributed by atoms with van der Waals surface area (Å²) in [7, 11) is 3.78. The van der Waals surface area contributed by atoms with Gasteiger partial charge in [-0.1, -0.05) is 36.7 Å². The summed E-state index contributed by atoms with van der Waals surface area (Å²) in [5, 5.41) is 13.5. The lowest BCUT2D eigenvalue weighted by atomic mass is 9.68. The number of rotatable bonds is 5. The van der Waals surface area contributed by atoms with E-state index in [1.54, 1.807) is 7.11 Å². The molecule has 0 unspecified atom stereocenters. The van der Waals surface area contributed by atoms with Crippen LogP contribution in [0, 0.1) is 11.3 Å². The first-order chi connectivity index (χ1) is 14.9. The minimum Gasteiger partial charge on any atom is -0.492 e. The first-order valence-electron chi connectivity index (χ1n) is 11.1. The third-order valence-electron chi connectivity index (χ3n) is 7.15. The van der Waals surface area contributed by atoms with Crippen molar-refractivity contribution in [2.45, 2.75) is 52.5 Å². The molecule has 6 nitrogen and oxygen atoms in total. The van der Waals surface area contributed by atoms with Crippen LogP contribution in [0.2, 0.25) is 0 Å². The van der Waals surface area contributed by atoms with Crippen LogP contribution in [0.15, 0.2) is 35.0 Å². The maximum Gasteiger partial charge on any atom is 0.231 e. The number of benzene rings is 1. The van der Waals surface area contributed by atoms with E-state index in [9.17, 15) is 5.21 Å². The number of hydrogen-bond donors (Lipinski definition) is 1. The fraction of sp³-hybridized carbons (Fsp3) is 0.560. The fourth-order valence-electron chi connectivity index (χ4n) is 5.31. The smallest absolute Gasteiger partial charge is 0.231 e. The highest BCUT2D eigenvalue weighted by Gasteiger charge is 2.35. The van der Waals surface area contributed by atoms with Crippen LogP contribution in [-0.2, 0) is 6.42 Å². The number of fused-ring (bicyclic) bond motifs is 2. The summed E-state index contributed by atoms with van der Waals surface area (Å²) in [5.41, 5.74) is 4.56. The average molecular weight is 427 g/mol. The third-order valence-corrected chi connectivity index (χ3v) is 7.15. The molecule has 0 radical (unpaired) electrons. The van der Waals surface area contributed by atoms with E-state index in [1.165, 1.54) is 11.1 Å². The average Bonchev–Trinajstić information content (AvgIpc) is 3.20. The molecule has 3 aliphatic rings. The molecule has 0 aromatic heterocycles. The van der Waals surface area contributed by atoms with E-state index in [-0.39, 0.29) is 18.2 Å². The highest BCUT2D eigenvalue weighted by atomic mass is 16.7. The molecular formula is C25H34N2O4. The van der Waals surface area contributed by atoms with Crippen molar-refractivity contribution in [3.63, 3.8) is 0 Å². The quantitative estimate of drug-likeness (QED) is 0.307. The van der Waals surface area contributed by atoms with Crippen molar-refractivity contribution in [1.29, 1.82) is 0 Å². The van der Waals surface area contributed by atoms with Crippen molar-refractivity contribution in [3.8, 4) is 17.2 Å². The Morgan fingerprint density at radius 2 is 2.19 bits per heavy atom. The lowest BCUT2D eigenvalue weighted by Crippen LogP contribution is -2.34. The second-order valence-electron chi connectivity index (χ2n) is 9.57. The van der Waals surface area contributed by atoms with Crippen LogP contribution >= 0.6 is 0 Å². The minimum atomic E-state index is 0.0276. The van der Waals surface area contributed by atoms with Crippen molar-refractivity contribution in [2.24, 2.45) is 16.5 Å². The zero-order valence-electron chi connectivity index (χ0n) is 19.3. The second kappa shape index (κ2) is 8.58. The standard InChI is InChI=1S/C25H34N2O4/c1-16-7-6-11-25(2,3)19(16)9-8-18(26-28)14-20-22-17(10-12-27(20)4)13-21-23(24(22)29-5)31-15-30-21/h7-9,13,19-20,28H,6,10-12,14-15H2,1-5H3/b9-8-,26-18-/t19-,20+/m1/s1. The third kappa shape index (κ3) is 4.05. The number of likely N-dealkylation sites (N-methyl/N-ethyl adjacent to an activating group) is 1. The van der Waals surface area contributed by atoms with Crippen molar-refractivity contribution in [3.05, 3.63) is 41.0 Å². The molecule has 0 spiro atoms. The molecule has 2 atom stereocenters. The molecule has 0 fully saturated rings. The molecular weight excluding hydrogens is 392 g/mol. The zero-order valence-corrected chi connectivity index (χ0v) is 19.3. The van der Waals surface area contributed by atoms with Gasteiger partial charge in [0.25, 0.3) is 0 Å². The summed E-state index contributed by atoms with van der Waals surface area (Å²) in [6.07, 6.45) is 10.3. The topological polar surface area (TPSA) is 63.5 Å². The van der Waals surface area contributed by atoms with Crippen LogP contribution in [0.4, 0.5) is 0 Å². The Kier molecular flexibility index (Phi) is 6.02. The van der Waals surface area contributed by atoms with Gasteiger partial charge in [0.05, 0.1) is 12.8 Å². The van der Waals surface area contributed by atoms with Gasteiger partial charge in [-0.05, 0) is 56.4 Å². The molecule has 1 aromatic carbocycles. The van der Waals surface area contributed by atoms with Gasteiger partial charge in [-0.25, -0.2) is 0 Å². The van der Waals surface area contributed by atoms with Crippen molar-refractivity contribution in [1.82, 2.24) is 4.90 Å². The van der Waals surface area contributed by atoms with E-state index >= 15 is 0 Å². The van der Waals surface area contributed by atoms with E-state index in [0.717, 1.165) is 42.9 Å². The van der Waals surface area contributed by atoms with Gasteiger partial charge in [-0.2, -0.15) is 0 Å². The van der Waals surface area contributed by atoms with E-state index in [2.05, 4.69) is 56.1 Å². The second-order valence-corrected chi connectivity index (χ2v) is 9.57. The maximum atomic E-state index is 9.83. The van der Waals surface area contributed by atoms with Crippen LogP contribution in [0.25, 0.3) is 0 Å². The van der Waals surface area contributed by atoms with Gasteiger partial charge in [0.2, 0.25) is 12.5 Å². The Bertz CT molecular complexity index is 932. The first kappa shape index (κ1) is 21.8. The minimum absolute atomic E-state index is 0.0276. The van der Waals surface area contributed by atoms with Gasteiger partial charge in [0.15, 0.2) is 11.5 Å². The number of ether oxygens (including phenoxy) is 3. The molecule has 0 saturated carbocycles. The van der Waals surface area contributed by atoms with Gasteiger partial charge in [-0.15, -0.1) is 0 Å². The Labute approximate surface area is 185 Å². The van der Waals surface area contributed by atoms with Crippen LogP contribution < -0.4 is 14.2 Å². The Morgan fingerprint density at radius 3 is 2.90 bits per heavy atom. The first-order valence-corrected chi connectivity index (χ1v) is 11.1. The summed E-state index contributed by atoms with van der Waals surface area (Å²) >= 11 is 0. The number of nitrogens with zero attached hydrogens (tertiary/aromatic N) is 2. The summed E-state index contributed by atoms with van der Waals surface area (Å²) in [6.45, 7) is 7.95. The molecule has 1 aromatic rings. The predicted octanol–water partition coefficient (Wildman–Crippen LogP) is 5.11. The number of oxime groups is 1. The summed E-state index contributed by atoms with van der Waals surface area (Å²) in [5.74, 6) is 2.49. The largest absolute Gasteiger partial charge is 0.492 e. The van der Waals surface area contributed by atoms with Gasteiger partial charge in [0.1, 0.15) is 0 Å². The lowest BCUT2D eigenvalue weighted by Gasteiger charge is -2.37. The monoisotopic (exact) mass is 426 g/mol. The van der Waals surface area contributed by atoms with Crippen molar-refractivity contribution >= 4 is 5.71 Å². The zero-order chi connectivity index (χ0) is 22.2. The number of methoxy groups -OCH3 is 1. The molecule has 1 N–H and O–H groups in total. The Morgan fingerprint density at radius 1 is 1.39 bits per heavy atom. The Balaban J connectivity index is 1.63. The van der Waals surface area contributed by atoms with Crippen LogP contribution in [0.3, 0.4) is 0 Å². The van der Waals surface area contributed by atoms with Gasteiger partial charge >= 0.3 is 0 Å². The van der Waals surface area contributed by atoms with E-state index in [1.807, 2.05) is 6.08 Å².